The lowest BCUT2D eigenvalue weighted by atomic mass is 10.3. The summed E-state index contributed by atoms with van der Waals surface area (Å²) in [5.41, 5.74) is 0.958. The average Bonchev–Trinajstić information content (AvgIpc) is 2.34. The molecule has 0 N–H and O–H groups in total. The van der Waals surface area contributed by atoms with Gasteiger partial charge < -0.3 is 0 Å². The molecule has 50 valence electrons. The van der Waals surface area contributed by atoms with E-state index in [-0.39, 0.29) is 5.91 Å². The van der Waals surface area contributed by atoms with E-state index in [1.54, 1.807) is 6.20 Å². The molecule has 4 nitrogen and oxygen atoms in total. The Hall–Kier alpha value is -1.32. The lowest BCUT2D eigenvalue weighted by Crippen LogP contribution is -2.44. The molecule has 0 radical (unpaired) electrons. The fourth-order valence-electron chi connectivity index (χ4n) is 1.07. The number of nitrogens with zero attached hydrogens (tertiary/aromatic N) is 3. The molecular formula is C6H6N3O+. The van der Waals surface area contributed by atoms with Crippen molar-refractivity contribution in [1.29, 1.82) is 0 Å². The SMILES string of the molecule is O=C1CCc2ccnn[n+]21. The smallest absolute Gasteiger partial charge is 0.244 e. The molecule has 4 heteroatoms. The molecule has 1 aromatic heterocycles. The van der Waals surface area contributed by atoms with Crippen molar-refractivity contribution < 1.29 is 9.48 Å². The molecule has 0 aliphatic carbocycles. The largest absolute Gasteiger partial charge is 0.335 e. The van der Waals surface area contributed by atoms with Gasteiger partial charge in [0.05, 0.1) is 11.5 Å². The van der Waals surface area contributed by atoms with Gasteiger partial charge in [-0.1, -0.05) is 4.68 Å². The van der Waals surface area contributed by atoms with Gasteiger partial charge in [0.2, 0.25) is 0 Å². The standard InChI is InChI=1S/C6H6N3O/c10-6-2-1-5-3-4-7-8-9(5)6/h3-4H,1-2H2/q+1. The highest BCUT2D eigenvalue weighted by molar-refractivity contribution is 5.68. The van der Waals surface area contributed by atoms with Gasteiger partial charge in [-0.3, -0.25) is 0 Å². The van der Waals surface area contributed by atoms with Crippen molar-refractivity contribution in [2.45, 2.75) is 12.8 Å². The number of carbonyl (C=O) groups excluding carboxylic acids is 1. The molecule has 0 saturated carbocycles. The molecule has 1 aromatic rings. The summed E-state index contributed by atoms with van der Waals surface area (Å²) in [6.45, 7) is 0. The average molecular weight is 136 g/mol. The van der Waals surface area contributed by atoms with E-state index in [4.69, 9.17) is 0 Å². The second-order valence-corrected chi connectivity index (χ2v) is 2.22. The molecule has 1 aliphatic rings. The Balaban J connectivity index is 2.61. The Kier molecular flexibility index (Phi) is 1.00. The van der Waals surface area contributed by atoms with E-state index < -0.39 is 0 Å². The highest BCUT2D eigenvalue weighted by Gasteiger charge is 2.25. The van der Waals surface area contributed by atoms with Gasteiger partial charge in [-0.15, -0.1) is 0 Å². The minimum absolute atomic E-state index is 0.0445. The Bertz CT molecular complexity index is 284. The van der Waals surface area contributed by atoms with Crippen molar-refractivity contribution in [2.75, 3.05) is 0 Å². The van der Waals surface area contributed by atoms with Crippen LogP contribution in [-0.4, -0.2) is 16.2 Å². The van der Waals surface area contributed by atoms with Crippen LogP contribution >= 0.6 is 0 Å². The highest BCUT2D eigenvalue weighted by atomic mass is 16.2. The Morgan fingerprint density at radius 2 is 2.40 bits per heavy atom. The normalized spacial score (nSPS) is 15.4. The lowest BCUT2D eigenvalue weighted by molar-refractivity contribution is -0.643. The van der Waals surface area contributed by atoms with Crippen LogP contribution in [0.4, 0.5) is 0 Å². The molecule has 0 fully saturated rings. The molecule has 0 atom stereocenters. The summed E-state index contributed by atoms with van der Waals surface area (Å²) in [4.78, 5) is 10.9. The van der Waals surface area contributed by atoms with E-state index in [9.17, 15) is 4.79 Å². The highest BCUT2D eigenvalue weighted by Crippen LogP contribution is 2.01. The number of rotatable bonds is 0. The quantitative estimate of drug-likeness (QED) is 0.445. The molecule has 1 aliphatic heterocycles. The van der Waals surface area contributed by atoms with Gasteiger partial charge in [0.25, 0.3) is 0 Å². The summed E-state index contributed by atoms with van der Waals surface area (Å²) in [6.07, 6.45) is 2.97. The first-order valence-electron chi connectivity index (χ1n) is 3.14. The van der Waals surface area contributed by atoms with Crippen LogP contribution in [0.5, 0.6) is 0 Å². The van der Waals surface area contributed by atoms with Crippen molar-refractivity contribution in [3.8, 4) is 0 Å². The first-order chi connectivity index (χ1) is 4.88. The van der Waals surface area contributed by atoms with Crippen LogP contribution in [0.15, 0.2) is 12.3 Å². The molecule has 0 spiro atoms. The van der Waals surface area contributed by atoms with Crippen molar-refractivity contribution in [1.82, 2.24) is 10.3 Å². The van der Waals surface area contributed by atoms with E-state index in [1.165, 1.54) is 4.68 Å². The summed E-state index contributed by atoms with van der Waals surface area (Å²) < 4.78 is 1.36. The third-order valence-corrected chi connectivity index (χ3v) is 1.58. The third kappa shape index (κ3) is 0.618. The molecule has 2 heterocycles. The first-order valence-corrected chi connectivity index (χ1v) is 3.14. The summed E-state index contributed by atoms with van der Waals surface area (Å²) in [6, 6.07) is 1.82. The number of hydrogen-bond acceptors (Lipinski definition) is 3. The lowest BCUT2D eigenvalue weighted by Gasteiger charge is -1.83. The zero-order valence-corrected chi connectivity index (χ0v) is 5.32. The summed E-state index contributed by atoms with van der Waals surface area (Å²) >= 11 is 0. The molecule has 0 aromatic carbocycles. The maximum absolute atomic E-state index is 10.9. The van der Waals surface area contributed by atoms with Crippen LogP contribution in [0.1, 0.15) is 16.9 Å². The number of aryl methyl sites for hydroxylation is 1. The van der Waals surface area contributed by atoms with Crippen LogP contribution in [0.25, 0.3) is 0 Å². The van der Waals surface area contributed by atoms with Crippen LogP contribution < -0.4 is 4.68 Å². The van der Waals surface area contributed by atoms with Crippen molar-refractivity contribution in [2.24, 2.45) is 0 Å². The molecular weight excluding hydrogens is 130 g/mol. The molecule has 0 bridgehead atoms. The number of fused-ring (bicyclic) bond motifs is 1. The van der Waals surface area contributed by atoms with E-state index >= 15 is 0 Å². The van der Waals surface area contributed by atoms with Crippen LogP contribution in [0.2, 0.25) is 0 Å². The number of carbonyl (C=O) groups is 1. The minimum atomic E-state index is 0.0445. The van der Waals surface area contributed by atoms with Crippen LogP contribution in [0, 0.1) is 0 Å². The number of aromatic nitrogens is 3. The van der Waals surface area contributed by atoms with Crippen LogP contribution in [-0.2, 0) is 6.42 Å². The monoisotopic (exact) mass is 136 g/mol. The maximum atomic E-state index is 10.9. The Morgan fingerprint density at radius 1 is 1.50 bits per heavy atom. The van der Waals surface area contributed by atoms with Crippen LogP contribution in [0.3, 0.4) is 0 Å². The predicted octanol–water partition coefficient (Wildman–Crippen LogP) is -0.650. The first kappa shape index (κ1) is 5.46. The van der Waals surface area contributed by atoms with Crippen molar-refractivity contribution >= 4 is 5.91 Å². The minimum Gasteiger partial charge on any atom is -0.244 e. The second kappa shape index (κ2) is 1.83. The summed E-state index contributed by atoms with van der Waals surface area (Å²) in [5.74, 6) is 0.0445. The fourth-order valence-corrected chi connectivity index (χ4v) is 1.07. The van der Waals surface area contributed by atoms with E-state index in [1.807, 2.05) is 6.07 Å². The van der Waals surface area contributed by atoms with Gasteiger partial charge in [-0.05, 0) is 0 Å². The van der Waals surface area contributed by atoms with Gasteiger partial charge in [0.1, 0.15) is 10.9 Å². The summed E-state index contributed by atoms with van der Waals surface area (Å²) in [7, 11) is 0. The molecule has 2 rings (SSSR count). The van der Waals surface area contributed by atoms with Crippen molar-refractivity contribution in [3.63, 3.8) is 0 Å². The summed E-state index contributed by atoms with van der Waals surface area (Å²) in [5, 5.41) is 7.26. The van der Waals surface area contributed by atoms with E-state index in [0.717, 1.165) is 12.1 Å². The Morgan fingerprint density at radius 3 is 3.20 bits per heavy atom. The van der Waals surface area contributed by atoms with Gasteiger partial charge in [0.15, 0.2) is 6.20 Å². The fraction of sp³-hybridized carbons (Fsp3) is 0.333. The van der Waals surface area contributed by atoms with E-state index in [2.05, 4.69) is 10.3 Å². The zero-order valence-electron chi connectivity index (χ0n) is 5.32. The zero-order chi connectivity index (χ0) is 6.97. The van der Waals surface area contributed by atoms with Gasteiger partial charge in [-0.2, -0.15) is 0 Å². The number of hydrogen-bond donors (Lipinski definition) is 0. The predicted molar refractivity (Wildman–Crippen MR) is 31.2 cm³/mol. The van der Waals surface area contributed by atoms with Gasteiger partial charge >= 0.3 is 5.91 Å². The second-order valence-electron chi connectivity index (χ2n) is 2.22. The molecule has 0 saturated heterocycles. The van der Waals surface area contributed by atoms with E-state index in [0.29, 0.717) is 6.42 Å². The maximum Gasteiger partial charge on any atom is 0.335 e. The third-order valence-electron chi connectivity index (χ3n) is 1.58. The van der Waals surface area contributed by atoms with Gasteiger partial charge in [0, 0.05) is 12.5 Å². The Labute approximate surface area is 57.5 Å². The molecule has 10 heavy (non-hydrogen) atoms. The molecule has 0 unspecified atom stereocenters. The van der Waals surface area contributed by atoms with Crippen molar-refractivity contribution in [3.05, 3.63) is 18.0 Å². The molecule has 0 amide bonds. The van der Waals surface area contributed by atoms with Gasteiger partial charge in [-0.25, -0.2) is 4.79 Å². The topological polar surface area (TPSA) is 46.7 Å².